The molecule has 2 amide bonds. The van der Waals surface area contributed by atoms with Crippen molar-refractivity contribution in [3.05, 3.63) is 35.4 Å². The molecule has 1 fully saturated rings. The molecule has 166 valence electrons. The number of carbonyl (C=O) groups excluding carboxylic acids is 2. The molecule has 0 radical (unpaired) electrons. The highest BCUT2D eigenvalue weighted by atomic mass is 32.2. The third-order valence-electron chi connectivity index (χ3n) is 5.07. The molecule has 1 aromatic rings. The van der Waals surface area contributed by atoms with Gasteiger partial charge in [-0.1, -0.05) is 44.0 Å². The molecule has 1 aromatic carbocycles. The Hall–Kier alpha value is -2.46. The first-order valence-corrected chi connectivity index (χ1v) is 12.0. The Labute approximate surface area is 178 Å². The number of nitrogen functional groups attached to an aromatic ring is 1. The number of nitrogens with one attached hydrogen (secondary N) is 3. The highest BCUT2D eigenvalue weighted by molar-refractivity contribution is 7.88. The fraction of sp³-hybridized carbons (Fsp3) is 0.550. The fourth-order valence-electron chi connectivity index (χ4n) is 3.51. The topological polar surface area (TPSA) is 145 Å². The molecule has 1 saturated heterocycles. The molecule has 2 rings (SSSR count). The van der Waals surface area contributed by atoms with Crippen molar-refractivity contribution < 1.29 is 18.0 Å². The third kappa shape index (κ3) is 6.81. The van der Waals surface area contributed by atoms with Crippen LogP contribution in [0.15, 0.2) is 24.3 Å². The van der Waals surface area contributed by atoms with Crippen molar-refractivity contribution in [2.24, 2.45) is 5.73 Å². The average Bonchev–Trinajstić information content (AvgIpc) is 3.18. The molecule has 10 heteroatoms. The molecule has 1 heterocycles. The van der Waals surface area contributed by atoms with Crippen LogP contribution in [-0.2, 0) is 26.2 Å². The van der Waals surface area contributed by atoms with E-state index in [0.29, 0.717) is 37.8 Å². The van der Waals surface area contributed by atoms with Crippen LogP contribution in [0.25, 0.3) is 0 Å². The van der Waals surface area contributed by atoms with Gasteiger partial charge in [-0.25, -0.2) is 13.1 Å². The summed E-state index contributed by atoms with van der Waals surface area (Å²) in [6, 6.07) is 5.53. The van der Waals surface area contributed by atoms with Crippen LogP contribution in [0.2, 0.25) is 0 Å². The van der Waals surface area contributed by atoms with Gasteiger partial charge in [0, 0.05) is 18.7 Å². The zero-order valence-corrected chi connectivity index (χ0v) is 18.3. The number of hydrogen-bond donors (Lipinski definition) is 4. The van der Waals surface area contributed by atoms with Crippen LogP contribution in [0.5, 0.6) is 0 Å². The van der Waals surface area contributed by atoms with Crippen molar-refractivity contribution in [1.82, 2.24) is 14.9 Å². The molecular formula is C20H31N5O4S. The number of sulfonamides is 1. The van der Waals surface area contributed by atoms with Crippen molar-refractivity contribution in [1.29, 1.82) is 5.41 Å². The van der Waals surface area contributed by atoms with Crippen molar-refractivity contribution in [3.63, 3.8) is 0 Å². The van der Waals surface area contributed by atoms with Gasteiger partial charge in [0.1, 0.15) is 17.9 Å². The molecule has 9 nitrogen and oxygen atoms in total. The summed E-state index contributed by atoms with van der Waals surface area (Å²) in [4.78, 5) is 27.2. The Morgan fingerprint density at radius 2 is 1.97 bits per heavy atom. The summed E-state index contributed by atoms with van der Waals surface area (Å²) in [6.07, 6.45) is 4.21. The van der Waals surface area contributed by atoms with Gasteiger partial charge in [-0.3, -0.25) is 15.0 Å². The highest BCUT2D eigenvalue weighted by Crippen LogP contribution is 2.20. The van der Waals surface area contributed by atoms with E-state index in [1.807, 2.05) is 6.92 Å². The van der Waals surface area contributed by atoms with Gasteiger partial charge in [0.2, 0.25) is 21.8 Å². The van der Waals surface area contributed by atoms with Crippen LogP contribution in [0.4, 0.5) is 0 Å². The molecule has 0 bridgehead atoms. The van der Waals surface area contributed by atoms with E-state index in [4.69, 9.17) is 11.1 Å². The van der Waals surface area contributed by atoms with E-state index in [0.717, 1.165) is 18.2 Å². The summed E-state index contributed by atoms with van der Waals surface area (Å²) in [5.74, 6) is -0.631. The molecule has 2 atom stereocenters. The second-order valence-corrected chi connectivity index (χ2v) is 9.38. The Bertz CT molecular complexity index is 870. The summed E-state index contributed by atoms with van der Waals surface area (Å²) in [7, 11) is -3.54. The van der Waals surface area contributed by atoms with E-state index in [9.17, 15) is 18.0 Å². The molecule has 0 saturated carbocycles. The molecule has 1 aliphatic heterocycles. The van der Waals surface area contributed by atoms with Gasteiger partial charge in [-0.05, 0) is 24.8 Å². The molecule has 0 aromatic heterocycles. The summed E-state index contributed by atoms with van der Waals surface area (Å²) in [5, 5.41) is 10.3. The molecule has 0 aliphatic carbocycles. The van der Waals surface area contributed by atoms with Crippen LogP contribution >= 0.6 is 0 Å². The Morgan fingerprint density at radius 1 is 1.30 bits per heavy atom. The summed E-state index contributed by atoms with van der Waals surface area (Å²) in [5.41, 5.74) is 6.90. The number of nitrogens with two attached hydrogens (primary N) is 1. The number of benzene rings is 1. The van der Waals surface area contributed by atoms with E-state index in [2.05, 4.69) is 10.0 Å². The van der Waals surface area contributed by atoms with E-state index in [-0.39, 0.29) is 24.2 Å². The lowest BCUT2D eigenvalue weighted by molar-refractivity contribution is -0.139. The van der Waals surface area contributed by atoms with Gasteiger partial charge >= 0.3 is 0 Å². The second-order valence-electron chi connectivity index (χ2n) is 7.60. The normalized spacial score (nSPS) is 17.5. The standard InChI is InChI=1S/C20H31N5O4S/c1-3-4-6-16(24-30(2,28)29)20(27)25-12-5-7-17(25)19(26)23-13-14-8-10-15(11-9-14)18(21)22/h8-11,16-17,24H,3-7,12-13H2,1-2H3,(H3,21,22)(H,23,26)/t16-,17+/m1/s1. The first-order chi connectivity index (χ1) is 14.1. The summed E-state index contributed by atoms with van der Waals surface area (Å²) < 4.78 is 25.8. The quantitative estimate of drug-likeness (QED) is 0.314. The summed E-state index contributed by atoms with van der Waals surface area (Å²) >= 11 is 0. The van der Waals surface area contributed by atoms with Crippen LogP contribution in [0.1, 0.15) is 50.2 Å². The van der Waals surface area contributed by atoms with E-state index in [1.165, 1.54) is 4.90 Å². The molecule has 0 unspecified atom stereocenters. The largest absolute Gasteiger partial charge is 0.384 e. The van der Waals surface area contributed by atoms with Crippen molar-refractivity contribution in [2.75, 3.05) is 12.8 Å². The van der Waals surface area contributed by atoms with Gasteiger partial charge in [-0.15, -0.1) is 0 Å². The zero-order valence-electron chi connectivity index (χ0n) is 17.5. The highest BCUT2D eigenvalue weighted by Gasteiger charge is 2.37. The molecule has 1 aliphatic rings. The van der Waals surface area contributed by atoms with E-state index >= 15 is 0 Å². The predicted molar refractivity (Wildman–Crippen MR) is 115 cm³/mol. The number of hydrogen-bond acceptors (Lipinski definition) is 5. The molecule has 0 spiro atoms. The Balaban J connectivity index is 2.02. The molecule has 30 heavy (non-hydrogen) atoms. The van der Waals surface area contributed by atoms with Gasteiger partial charge in [0.05, 0.1) is 6.26 Å². The van der Waals surface area contributed by atoms with E-state index < -0.39 is 22.1 Å². The fourth-order valence-corrected chi connectivity index (χ4v) is 4.25. The number of nitrogens with zero attached hydrogens (tertiary/aromatic N) is 1. The van der Waals surface area contributed by atoms with Gasteiger partial charge in [0.25, 0.3) is 0 Å². The lowest BCUT2D eigenvalue weighted by atomic mass is 10.1. The summed E-state index contributed by atoms with van der Waals surface area (Å²) in [6.45, 7) is 2.69. The number of amides is 2. The lowest BCUT2D eigenvalue weighted by Crippen LogP contribution is -2.53. The second kappa shape index (κ2) is 10.5. The van der Waals surface area contributed by atoms with Crippen molar-refractivity contribution in [2.45, 2.75) is 57.7 Å². The van der Waals surface area contributed by atoms with Crippen molar-refractivity contribution >= 4 is 27.7 Å². The first-order valence-electron chi connectivity index (χ1n) is 10.1. The SMILES string of the molecule is CCCC[C@@H](NS(C)(=O)=O)C(=O)N1CCC[C@H]1C(=O)NCc1ccc(C(=N)N)cc1. The smallest absolute Gasteiger partial charge is 0.243 e. The number of unbranched alkanes of at least 4 members (excludes halogenated alkanes) is 1. The zero-order chi connectivity index (χ0) is 22.3. The van der Waals surface area contributed by atoms with Crippen LogP contribution in [0, 0.1) is 5.41 Å². The predicted octanol–water partition coefficient (Wildman–Crippen LogP) is 0.686. The van der Waals surface area contributed by atoms with Crippen molar-refractivity contribution in [3.8, 4) is 0 Å². The van der Waals surface area contributed by atoms with Crippen LogP contribution < -0.4 is 15.8 Å². The maximum Gasteiger partial charge on any atom is 0.243 e. The maximum atomic E-state index is 13.0. The lowest BCUT2D eigenvalue weighted by Gasteiger charge is -2.28. The average molecular weight is 438 g/mol. The minimum atomic E-state index is -3.54. The Kier molecular flexibility index (Phi) is 8.36. The monoisotopic (exact) mass is 437 g/mol. The number of carbonyl (C=O) groups is 2. The molecule has 5 N–H and O–H groups in total. The van der Waals surface area contributed by atoms with Gasteiger partial charge in [0.15, 0.2) is 0 Å². The molecular weight excluding hydrogens is 406 g/mol. The van der Waals surface area contributed by atoms with Gasteiger partial charge < -0.3 is 16.0 Å². The van der Waals surface area contributed by atoms with Crippen LogP contribution in [-0.4, -0.2) is 55.9 Å². The van der Waals surface area contributed by atoms with E-state index in [1.54, 1.807) is 24.3 Å². The number of amidine groups is 1. The third-order valence-corrected chi connectivity index (χ3v) is 5.78. The Morgan fingerprint density at radius 3 is 2.53 bits per heavy atom. The van der Waals surface area contributed by atoms with Gasteiger partial charge in [-0.2, -0.15) is 0 Å². The minimum absolute atomic E-state index is 0.0222. The number of rotatable bonds is 10. The maximum absolute atomic E-state index is 13.0. The number of likely N-dealkylation sites (tertiary alicyclic amines) is 1. The van der Waals surface area contributed by atoms with Crippen LogP contribution in [0.3, 0.4) is 0 Å². The minimum Gasteiger partial charge on any atom is -0.384 e. The first kappa shape index (κ1) is 23.8.